The number of hydrogen-bond acceptors (Lipinski definition) is 1. The summed E-state index contributed by atoms with van der Waals surface area (Å²) in [5.41, 5.74) is 0.550. The molecule has 5 heteroatoms. The van der Waals surface area contributed by atoms with Gasteiger partial charge in [-0.05, 0) is 36.8 Å². The molecule has 0 bridgehead atoms. The van der Waals surface area contributed by atoms with Crippen LogP contribution in [0.5, 0.6) is 0 Å². The van der Waals surface area contributed by atoms with Crippen molar-refractivity contribution in [2.24, 2.45) is 0 Å². The fourth-order valence-electron chi connectivity index (χ4n) is 1.04. The van der Waals surface area contributed by atoms with Crippen LogP contribution in [0.3, 0.4) is 0 Å². The van der Waals surface area contributed by atoms with Gasteiger partial charge in [0.15, 0.2) is 5.11 Å². The lowest BCUT2D eigenvalue weighted by Crippen LogP contribution is -2.28. The molecule has 0 aliphatic heterocycles. The van der Waals surface area contributed by atoms with Crippen molar-refractivity contribution >= 4 is 34.6 Å². The van der Waals surface area contributed by atoms with Crippen LogP contribution in [0.25, 0.3) is 0 Å². The first-order valence-electron chi connectivity index (χ1n) is 4.62. The predicted octanol–water partition coefficient (Wildman–Crippen LogP) is 3.18. The Labute approximate surface area is 98.8 Å². The molecule has 1 aromatic rings. The van der Waals surface area contributed by atoms with Gasteiger partial charge < -0.3 is 10.6 Å². The van der Waals surface area contributed by atoms with E-state index >= 15 is 0 Å². The summed E-state index contributed by atoms with van der Waals surface area (Å²) in [4.78, 5) is 0. The summed E-state index contributed by atoms with van der Waals surface area (Å²) in [7, 11) is 0. The molecule has 0 saturated carbocycles. The monoisotopic (exact) mass is 246 g/mol. The van der Waals surface area contributed by atoms with Crippen LogP contribution >= 0.6 is 23.8 Å². The molecule has 0 aliphatic rings. The van der Waals surface area contributed by atoms with Crippen LogP contribution in [-0.4, -0.2) is 11.7 Å². The molecule has 0 saturated heterocycles. The van der Waals surface area contributed by atoms with Gasteiger partial charge in [0, 0.05) is 17.3 Å². The second-order valence-corrected chi connectivity index (χ2v) is 3.88. The number of rotatable bonds is 3. The van der Waals surface area contributed by atoms with Gasteiger partial charge in [-0.1, -0.05) is 18.5 Å². The summed E-state index contributed by atoms with van der Waals surface area (Å²) >= 11 is 10.7. The Bertz CT molecular complexity index is 337. The fourth-order valence-corrected chi connectivity index (χ4v) is 1.48. The summed E-state index contributed by atoms with van der Waals surface area (Å²) in [5.74, 6) is -0.386. The topological polar surface area (TPSA) is 24.1 Å². The van der Waals surface area contributed by atoms with E-state index in [0.717, 1.165) is 13.0 Å². The van der Waals surface area contributed by atoms with Crippen LogP contribution in [0.4, 0.5) is 10.1 Å². The van der Waals surface area contributed by atoms with Gasteiger partial charge in [0.2, 0.25) is 0 Å². The van der Waals surface area contributed by atoms with E-state index in [2.05, 4.69) is 10.6 Å². The number of halogens is 2. The third kappa shape index (κ3) is 4.44. The SMILES string of the molecule is CCCNC(=S)Nc1cc(F)cc(Cl)c1. The van der Waals surface area contributed by atoms with Crippen molar-refractivity contribution in [1.82, 2.24) is 5.32 Å². The molecule has 0 atom stereocenters. The summed E-state index contributed by atoms with van der Waals surface area (Å²) in [6.07, 6.45) is 0.978. The van der Waals surface area contributed by atoms with Crippen LogP contribution in [0.1, 0.15) is 13.3 Å². The van der Waals surface area contributed by atoms with Crippen LogP contribution in [-0.2, 0) is 0 Å². The van der Waals surface area contributed by atoms with Crippen molar-refractivity contribution in [3.8, 4) is 0 Å². The molecule has 0 fully saturated rings. The van der Waals surface area contributed by atoms with Crippen molar-refractivity contribution in [3.63, 3.8) is 0 Å². The quantitative estimate of drug-likeness (QED) is 0.801. The zero-order valence-corrected chi connectivity index (χ0v) is 9.88. The molecule has 0 amide bonds. The maximum atomic E-state index is 12.9. The second kappa shape index (κ2) is 5.88. The molecule has 2 N–H and O–H groups in total. The molecule has 0 heterocycles. The Morgan fingerprint density at radius 3 is 2.80 bits per heavy atom. The van der Waals surface area contributed by atoms with Gasteiger partial charge in [0.05, 0.1) is 0 Å². The molecule has 0 aromatic heterocycles. The molecule has 0 aliphatic carbocycles. The van der Waals surface area contributed by atoms with Crippen LogP contribution in [0, 0.1) is 5.82 Å². The highest BCUT2D eigenvalue weighted by Gasteiger charge is 2.00. The third-order valence-electron chi connectivity index (χ3n) is 1.66. The Morgan fingerprint density at radius 1 is 1.47 bits per heavy atom. The number of thiocarbonyl (C=S) groups is 1. The first-order valence-corrected chi connectivity index (χ1v) is 5.41. The van der Waals surface area contributed by atoms with Gasteiger partial charge in [-0.15, -0.1) is 0 Å². The molecular formula is C10H12ClFN2S. The second-order valence-electron chi connectivity index (χ2n) is 3.04. The molecule has 2 nitrogen and oxygen atoms in total. The minimum absolute atomic E-state index is 0.343. The number of hydrogen-bond donors (Lipinski definition) is 2. The standard InChI is InChI=1S/C10H12ClFN2S/c1-2-3-13-10(15)14-9-5-7(11)4-8(12)6-9/h4-6H,2-3H2,1H3,(H2,13,14,15). The van der Waals surface area contributed by atoms with Crippen LogP contribution in [0.2, 0.25) is 5.02 Å². The van der Waals surface area contributed by atoms with E-state index in [1.165, 1.54) is 12.1 Å². The summed E-state index contributed by atoms with van der Waals surface area (Å²) in [6.45, 7) is 2.82. The number of anilines is 1. The van der Waals surface area contributed by atoms with E-state index in [4.69, 9.17) is 23.8 Å². The third-order valence-corrected chi connectivity index (χ3v) is 2.12. The lowest BCUT2D eigenvalue weighted by molar-refractivity contribution is 0.628. The highest BCUT2D eigenvalue weighted by molar-refractivity contribution is 7.80. The van der Waals surface area contributed by atoms with Gasteiger partial charge >= 0.3 is 0 Å². The van der Waals surface area contributed by atoms with Gasteiger partial charge in [-0.3, -0.25) is 0 Å². The predicted molar refractivity (Wildman–Crippen MR) is 65.9 cm³/mol. The van der Waals surface area contributed by atoms with Crippen LogP contribution < -0.4 is 10.6 Å². The maximum Gasteiger partial charge on any atom is 0.170 e. The molecule has 82 valence electrons. The normalized spacial score (nSPS) is 9.80. The minimum Gasteiger partial charge on any atom is -0.362 e. The number of benzene rings is 1. The highest BCUT2D eigenvalue weighted by Crippen LogP contribution is 2.17. The Balaban J connectivity index is 2.60. The summed E-state index contributed by atoms with van der Waals surface area (Å²) in [6, 6.07) is 4.20. The Hall–Kier alpha value is -0.870. The lowest BCUT2D eigenvalue weighted by atomic mass is 10.3. The molecule has 0 unspecified atom stereocenters. The van der Waals surface area contributed by atoms with Crippen molar-refractivity contribution in [2.45, 2.75) is 13.3 Å². The lowest BCUT2D eigenvalue weighted by Gasteiger charge is -2.09. The van der Waals surface area contributed by atoms with Crippen molar-refractivity contribution in [1.29, 1.82) is 0 Å². The molecule has 1 rings (SSSR count). The van der Waals surface area contributed by atoms with E-state index in [0.29, 0.717) is 15.8 Å². The average molecular weight is 247 g/mol. The van der Waals surface area contributed by atoms with Crippen LogP contribution in [0.15, 0.2) is 18.2 Å². The Morgan fingerprint density at radius 2 is 2.20 bits per heavy atom. The fraction of sp³-hybridized carbons (Fsp3) is 0.300. The molecule has 0 spiro atoms. The molecular weight excluding hydrogens is 235 g/mol. The van der Waals surface area contributed by atoms with E-state index in [1.54, 1.807) is 6.07 Å². The first kappa shape index (κ1) is 12.2. The largest absolute Gasteiger partial charge is 0.362 e. The summed E-state index contributed by atoms with van der Waals surface area (Å²) < 4.78 is 12.9. The van der Waals surface area contributed by atoms with E-state index < -0.39 is 0 Å². The average Bonchev–Trinajstić information content (AvgIpc) is 2.13. The highest BCUT2D eigenvalue weighted by atomic mass is 35.5. The molecule has 0 radical (unpaired) electrons. The molecule has 1 aromatic carbocycles. The van der Waals surface area contributed by atoms with Gasteiger partial charge in [0.1, 0.15) is 5.82 Å². The smallest absolute Gasteiger partial charge is 0.170 e. The van der Waals surface area contributed by atoms with Gasteiger partial charge in [-0.2, -0.15) is 0 Å². The number of nitrogens with one attached hydrogen (secondary N) is 2. The van der Waals surface area contributed by atoms with Crippen molar-refractivity contribution in [3.05, 3.63) is 29.0 Å². The van der Waals surface area contributed by atoms with Gasteiger partial charge in [0.25, 0.3) is 0 Å². The summed E-state index contributed by atoms with van der Waals surface area (Å²) in [5, 5.41) is 6.64. The first-order chi connectivity index (χ1) is 7.11. The van der Waals surface area contributed by atoms with E-state index in [-0.39, 0.29) is 5.82 Å². The van der Waals surface area contributed by atoms with Gasteiger partial charge in [-0.25, -0.2) is 4.39 Å². The zero-order chi connectivity index (χ0) is 11.3. The Kier molecular flexibility index (Phi) is 4.78. The van der Waals surface area contributed by atoms with E-state index in [9.17, 15) is 4.39 Å². The minimum atomic E-state index is -0.386. The van der Waals surface area contributed by atoms with E-state index in [1.807, 2.05) is 6.92 Å². The van der Waals surface area contributed by atoms with Crippen molar-refractivity contribution < 1.29 is 4.39 Å². The molecule has 15 heavy (non-hydrogen) atoms. The van der Waals surface area contributed by atoms with Crippen molar-refractivity contribution in [2.75, 3.05) is 11.9 Å². The zero-order valence-electron chi connectivity index (χ0n) is 8.31. The maximum absolute atomic E-state index is 12.9.